The van der Waals surface area contributed by atoms with E-state index in [4.69, 9.17) is 4.74 Å². The number of benzene rings is 1. The van der Waals surface area contributed by atoms with Gasteiger partial charge in [0, 0.05) is 18.8 Å². The molecule has 3 heterocycles. The number of hydrogen-bond acceptors (Lipinski definition) is 5. The molecule has 2 aliphatic rings. The van der Waals surface area contributed by atoms with Gasteiger partial charge in [-0.2, -0.15) is 15.0 Å². The Morgan fingerprint density at radius 1 is 1.07 bits per heavy atom. The maximum atomic E-state index is 13.5. The smallest absolute Gasteiger partial charge is 0.256 e. The maximum absolute atomic E-state index is 13.5. The first-order chi connectivity index (χ1) is 14.1. The Bertz CT molecular complexity index is 1030. The van der Waals surface area contributed by atoms with Crippen LogP contribution in [-0.4, -0.2) is 49.5 Å². The van der Waals surface area contributed by atoms with Gasteiger partial charge in [0.1, 0.15) is 6.10 Å². The van der Waals surface area contributed by atoms with Crippen LogP contribution < -0.4 is 4.74 Å². The molecule has 5 rings (SSSR count). The number of pyridine rings is 1. The highest BCUT2D eigenvalue weighted by molar-refractivity contribution is 5.98. The third-order valence-electron chi connectivity index (χ3n) is 5.86. The van der Waals surface area contributed by atoms with Gasteiger partial charge in [-0.25, -0.2) is 4.98 Å². The molecule has 29 heavy (non-hydrogen) atoms. The fraction of sp³-hybridized carbons (Fsp3) is 0.364. The largest absolute Gasteiger partial charge is 0.472 e. The van der Waals surface area contributed by atoms with Gasteiger partial charge in [-0.3, -0.25) is 4.79 Å². The molecule has 0 N–H and O–H groups in total. The Kier molecular flexibility index (Phi) is 4.30. The number of piperidine rings is 1. The van der Waals surface area contributed by atoms with Gasteiger partial charge in [0.25, 0.3) is 5.91 Å². The van der Waals surface area contributed by atoms with Gasteiger partial charge in [-0.1, -0.05) is 12.1 Å². The highest BCUT2D eigenvalue weighted by atomic mass is 16.5. The lowest BCUT2D eigenvalue weighted by Crippen LogP contribution is -2.47. The van der Waals surface area contributed by atoms with Gasteiger partial charge >= 0.3 is 0 Å². The Morgan fingerprint density at radius 2 is 1.86 bits per heavy atom. The SMILES string of the molecule is Cc1ccc(OC2CC3CC2N(C(=O)c2ccc(C)cc2-n2nccn2)C3)nc1. The summed E-state index contributed by atoms with van der Waals surface area (Å²) in [6.45, 7) is 4.77. The topological polar surface area (TPSA) is 73.1 Å². The molecule has 3 aromatic rings. The molecule has 3 unspecified atom stereocenters. The number of fused-ring (bicyclic) bond motifs is 2. The van der Waals surface area contributed by atoms with E-state index in [1.165, 1.54) is 4.80 Å². The highest BCUT2D eigenvalue weighted by Gasteiger charge is 2.48. The second kappa shape index (κ2) is 6.99. The van der Waals surface area contributed by atoms with E-state index in [-0.39, 0.29) is 18.1 Å². The second-order valence-corrected chi connectivity index (χ2v) is 8.03. The van der Waals surface area contributed by atoms with Crippen LogP contribution in [0.4, 0.5) is 0 Å². The standard InChI is InChI=1S/C22H23N5O2/c1-14-3-5-17(18(9-14)27-24-7-8-25-27)22(28)26-13-16-10-19(26)20(11-16)29-21-6-4-15(2)12-23-21/h3-9,12,16,19-20H,10-11,13H2,1-2H3. The molecular weight excluding hydrogens is 366 g/mol. The van der Waals surface area contributed by atoms with Gasteiger partial charge in [-0.05, 0) is 55.9 Å². The summed E-state index contributed by atoms with van der Waals surface area (Å²) < 4.78 is 6.17. The van der Waals surface area contributed by atoms with Crippen molar-refractivity contribution < 1.29 is 9.53 Å². The maximum Gasteiger partial charge on any atom is 0.256 e. The number of likely N-dealkylation sites (tertiary alicyclic amines) is 1. The van der Waals surface area contributed by atoms with E-state index in [0.717, 1.165) is 30.5 Å². The Balaban J connectivity index is 1.40. The molecule has 0 radical (unpaired) electrons. The summed E-state index contributed by atoms with van der Waals surface area (Å²) in [6.07, 6.45) is 6.96. The zero-order chi connectivity index (χ0) is 20.0. The van der Waals surface area contributed by atoms with E-state index in [1.807, 2.05) is 49.1 Å². The third kappa shape index (κ3) is 3.26. The van der Waals surface area contributed by atoms with Crippen LogP contribution in [0.25, 0.3) is 5.69 Å². The fourth-order valence-corrected chi connectivity index (χ4v) is 4.49. The summed E-state index contributed by atoms with van der Waals surface area (Å²) >= 11 is 0. The van der Waals surface area contributed by atoms with E-state index >= 15 is 0 Å². The van der Waals surface area contributed by atoms with Crippen molar-refractivity contribution in [2.75, 3.05) is 6.54 Å². The van der Waals surface area contributed by atoms with Gasteiger partial charge in [0.2, 0.25) is 5.88 Å². The molecule has 1 saturated carbocycles. The van der Waals surface area contributed by atoms with E-state index in [0.29, 0.717) is 23.0 Å². The summed E-state index contributed by atoms with van der Waals surface area (Å²) in [7, 11) is 0. The van der Waals surface area contributed by atoms with E-state index < -0.39 is 0 Å². The third-order valence-corrected chi connectivity index (χ3v) is 5.86. The lowest BCUT2D eigenvalue weighted by atomic mass is 10.0. The van der Waals surface area contributed by atoms with Crippen LogP contribution >= 0.6 is 0 Å². The van der Waals surface area contributed by atoms with Gasteiger partial charge in [0.05, 0.1) is 29.7 Å². The number of amides is 1. The summed E-state index contributed by atoms with van der Waals surface area (Å²) in [6, 6.07) is 9.74. The monoisotopic (exact) mass is 389 g/mol. The zero-order valence-electron chi connectivity index (χ0n) is 16.5. The molecule has 7 heteroatoms. The number of hydrogen-bond donors (Lipinski definition) is 0. The molecule has 1 amide bonds. The minimum Gasteiger partial charge on any atom is -0.472 e. The zero-order valence-corrected chi connectivity index (χ0v) is 16.5. The van der Waals surface area contributed by atoms with Crippen molar-refractivity contribution in [1.82, 2.24) is 24.9 Å². The molecule has 7 nitrogen and oxygen atoms in total. The van der Waals surface area contributed by atoms with E-state index in [1.54, 1.807) is 18.6 Å². The van der Waals surface area contributed by atoms with Crippen LogP contribution in [-0.2, 0) is 0 Å². The molecule has 3 atom stereocenters. The van der Waals surface area contributed by atoms with Crippen LogP contribution in [0.2, 0.25) is 0 Å². The lowest BCUT2D eigenvalue weighted by Gasteiger charge is -2.33. The second-order valence-electron chi connectivity index (χ2n) is 8.03. The summed E-state index contributed by atoms with van der Waals surface area (Å²) in [5.74, 6) is 1.10. The van der Waals surface area contributed by atoms with Gasteiger partial charge in [0.15, 0.2) is 0 Å². The molecule has 2 bridgehead atoms. The highest BCUT2D eigenvalue weighted by Crippen LogP contribution is 2.40. The number of rotatable bonds is 4. The first kappa shape index (κ1) is 17.8. The van der Waals surface area contributed by atoms with E-state index in [2.05, 4.69) is 15.2 Å². The quantitative estimate of drug-likeness (QED) is 0.686. The molecule has 148 valence electrons. The predicted molar refractivity (Wildman–Crippen MR) is 107 cm³/mol. The molecular formula is C22H23N5O2. The molecule has 1 aliphatic carbocycles. The minimum absolute atomic E-state index is 0.00923. The van der Waals surface area contributed by atoms with Crippen molar-refractivity contribution in [2.45, 2.75) is 38.8 Å². The minimum atomic E-state index is -0.0235. The van der Waals surface area contributed by atoms with Crippen LogP contribution in [0.3, 0.4) is 0 Å². The van der Waals surface area contributed by atoms with Crippen LogP contribution in [0.15, 0.2) is 48.9 Å². The lowest BCUT2D eigenvalue weighted by molar-refractivity contribution is 0.0466. The van der Waals surface area contributed by atoms with E-state index in [9.17, 15) is 4.79 Å². The molecule has 0 spiro atoms. The molecule has 2 fully saturated rings. The van der Waals surface area contributed by atoms with Crippen LogP contribution in [0.5, 0.6) is 5.88 Å². The number of aromatic nitrogens is 4. The number of ether oxygens (including phenoxy) is 1. The summed E-state index contributed by atoms with van der Waals surface area (Å²) in [5.41, 5.74) is 3.48. The molecule has 1 saturated heterocycles. The summed E-state index contributed by atoms with van der Waals surface area (Å²) in [4.78, 5) is 21.3. The fourth-order valence-electron chi connectivity index (χ4n) is 4.49. The van der Waals surface area contributed by atoms with Gasteiger partial charge in [-0.15, -0.1) is 0 Å². The van der Waals surface area contributed by atoms with Gasteiger partial charge < -0.3 is 9.64 Å². The van der Waals surface area contributed by atoms with Crippen molar-refractivity contribution in [2.24, 2.45) is 5.92 Å². The predicted octanol–water partition coefficient (Wildman–Crippen LogP) is 2.96. The van der Waals surface area contributed by atoms with Crippen molar-refractivity contribution in [3.63, 3.8) is 0 Å². The Morgan fingerprint density at radius 3 is 2.59 bits per heavy atom. The van der Waals surface area contributed by atoms with Crippen LogP contribution in [0, 0.1) is 19.8 Å². The molecule has 1 aliphatic heterocycles. The average molecular weight is 389 g/mol. The summed E-state index contributed by atoms with van der Waals surface area (Å²) in [5, 5.41) is 8.45. The number of aryl methyl sites for hydroxylation is 2. The Hall–Kier alpha value is -3.22. The normalized spacial score (nSPS) is 22.8. The number of nitrogens with zero attached hydrogens (tertiary/aromatic N) is 5. The van der Waals surface area contributed by atoms with Crippen molar-refractivity contribution in [3.8, 4) is 11.6 Å². The molecule has 1 aromatic carbocycles. The Labute approximate surface area is 169 Å². The number of carbonyl (C=O) groups excluding carboxylic acids is 1. The average Bonchev–Trinajstić information content (AvgIpc) is 3.46. The first-order valence-corrected chi connectivity index (χ1v) is 9.96. The van der Waals surface area contributed by atoms with Crippen LogP contribution in [0.1, 0.15) is 34.3 Å². The van der Waals surface area contributed by atoms with Crippen molar-refractivity contribution >= 4 is 5.91 Å². The number of carbonyl (C=O) groups is 1. The first-order valence-electron chi connectivity index (χ1n) is 9.96. The van der Waals surface area contributed by atoms with Crippen molar-refractivity contribution in [3.05, 3.63) is 65.6 Å². The molecule has 2 aromatic heterocycles. The van der Waals surface area contributed by atoms with Crippen molar-refractivity contribution in [1.29, 1.82) is 0 Å².